The summed E-state index contributed by atoms with van der Waals surface area (Å²) >= 11 is 0. The first-order valence-electron chi connectivity index (χ1n) is 6.98. The van der Waals surface area contributed by atoms with Gasteiger partial charge in [0.15, 0.2) is 0 Å². The Labute approximate surface area is 118 Å². The fraction of sp³-hybridized carbons (Fsp3) is 0.769. The van der Waals surface area contributed by atoms with E-state index in [2.05, 4.69) is 10.6 Å². The molecule has 0 aliphatic carbocycles. The zero-order valence-electron chi connectivity index (χ0n) is 12.0. The summed E-state index contributed by atoms with van der Waals surface area (Å²) in [5.41, 5.74) is 0. The number of hydrogen-bond acceptors (Lipinski definition) is 4. The van der Waals surface area contributed by atoms with Crippen molar-refractivity contribution in [2.75, 3.05) is 19.6 Å². The number of urea groups is 1. The Kier molecular flexibility index (Phi) is 6.44. The van der Waals surface area contributed by atoms with Gasteiger partial charge in [0.1, 0.15) is 0 Å². The molecule has 114 valence electrons. The Morgan fingerprint density at radius 2 is 2.10 bits per heavy atom. The number of carbonyl (C=O) groups excluding carboxylic acids is 2. The van der Waals surface area contributed by atoms with Gasteiger partial charge in [0, 0.05) is 19.5 Å². The normalized spacial score (nSPS) is 20.4. The van der Waals surface area contributed by atoms with Crippen molar-refractivity contribution in [1.29, 1.82) is 0 Å². The average molecular weight is 285 g/mol. The molecule has 1 aliphatic rings. The minimum absolute atomic E-state index is 0.165. The number of rotatable bonds is 6. The van der Waals surface area contributed by atoms with Crippen molar-refractivity contribution in [3.8, 4) is 0 Å². The van der Waals surface area contributed by atoms with Crippen molar-refractivity contribution < 1.29 is 19.5 Å². The molecule has 0 bridgehead atoms. The number of hydrogen-bond donors (Lipinski definition) is 3. The summed E-state index contributed by atoms with van der Waals surface area (Å²) in [6.45, 7) is 5.47. The van der Waals surface area contributed by atoms with Crippen LogP contribution < -0.4 is 10.6 Å². The molecule has 0 aromatic heterocycles. The van der Waals surface area contributed by atoms with Gasteiger partial charge in [-0.1, -0.05) is 0 Å². The second-order valence-electron chi connectivity index (χ2n) is 5.11. The van der Waals surface area contributed by atoms with E-state index in [0.29, 0.717) is 25.4 Å². The first-order valence-corrected chi connectivity index (χ1v) is 6.98. The van der Waals surface area contributed by atoms with E-state index in [0.717, 1.165) is 13.0 Å². The zero-order chi connectivity index (χ0) is 15.1. The molecular formula is C13H23N3O4. The van der Waals surface area contributed by atoms with Gasteiger partial charge in [0.05, 0.1) is 6.04 Å². The molecule has 1 fully saturated rings. The number of nitrogens with zero attached hydrogens (tertiary/aromatic N) is 1. The molecule has 0 spiro atoms. The van der Waals surface area contributed by atoms with E-state index >= 15 is 0 Å². The fourth-order valence-corrected chi connectivity index (χ4v) is 2.36. The van der Waals surface area contributed by atoms with Crippen molar-refractivity contribution in [3.05, 3.63) is 0 Å². The summed E-state index contributed by atoms with van der Waals surface area (Å²) in [4.78, 5) is 35.7. The molecule has 0 saturated carbocycles. The fourth-order valence-electron chi connectivity index (χ4n) is 2.36. The number of likely N-dealkylation sites (tertiary alicyclic amines) is 1. The van der Waals surface area contributed by atoms with Crippen LogP contribution in [0.5, 0.6) is 0 Å². The smallest absolute Gasteiger partial charge is 0.321 e. The summed E-state index contributed by atoms with van der Waals surface area (Å²) in [5, 5.41) is 13.5. The van der Waals surface area contributed by atoms with Crippen molar-refractivity contribution in [2.45, 2.75) is 39.2 Å². The Bertz CT molecular complexity index is 373. The Balaban J connectivity index is 2.37. The number of imide groups is 1. The highest BCUT2D eigenvalue weighted by Gasteiger charge is 2.30. The second kappa shape index (κ2) is 7.84. The third kappa shape index (κ3) is 5.16. The summed E-state index contributed by atoms with van der Waals surface area (Å²) in [6.07, 6.45) is 1.69. The van der Waals surface area contributed by atoms with Crippen molar-refractivity contribution in [3.63, 3.8) is 0 Å². The lowest BCUT2D eigenvalue weighted by Crippen LogP contribution is -2.49. The van der Waals surface area contributed by atoms with Gasteiger partial charge in [0.2, 0.25) is 5.91 Å². The third-order valence-corrected chi connectivity index (χ3v) is 3.58. The molecule has 0 aromatic carbocycles. The molecule has 1 aliphatic heterocycles. The molecule has 0 radical (unpaired) electrons. The minimum Gasteiger partial charge on any atom is -0.481 e. The molecule has 3 N–H and O–H groups in total. The molecular weight excluding hydrogens is 262 g/mol. The Morgan fingerprint density at radius 1 is 1.40 bits per heavy atom. The average Bonchev–Trinajstić information content (AvgIpc) is 2.84. The number of aliphatic carboxylic acids is 1. The van der Waals surface area contributed by atoms with E-state index in [1.54, 1.807) is 13.8 Å². The van der Waals surface area contributed by atoms with Crippen LogP contribution in [-0.2, 0) is 9.59 Å². The van der Waals surface area contributed by atoms with Gasteiger partial charge >= 0.3 is 12.0 Å². The van der Waals surface area contributed by atoms with E-state index in [1.807, 2.05) is 4.90 Å². The predicted octanol–water partition coefficient (Wildman–Crippen LogP) is 0.407. The van der Waals surface area contributed by atoms with Crippen LogP contribution in [0.1, 0.15) is 33.1 Å². The third-order valence-electron chi connectivity index (χ3n) is 3.58. The SMILES string of the molecule is CCNC(=O)NC(=O)C(C)N1CCC(CCC(=O)O)C1. The zero-order valence-corrected chi connectivity index (χ0v) is 12.0. The van der Waals surface area contributed by atoms with Crippen LogP contribution in [0.4, 0.5) is 4.79 Å². The number of carboxylic acid groups (broad SMARTS) is 1. The standard InChI is InChI=1S/C13H23N3O4/c1-3-14-13(20)15-12(19)9(2)16-7-6-10(8-16)4-5-11(17)18/h9-10H,3-8H2,1-2H3,(H,17,18)(H2,14,15,19,20). The minimum atomic E-state index is -0.787. The van der Waals surface area contributed by atoms with Gasteiger partial charge in [-0.3, -0.25) is 19.8 Å². The second-order valence-corrected chi connectivity index (χ2v) is 5.11. The van der Waals surface area contributed by atoms with E-state index in [1.165, 1.54) is 0 Å². The van der Waals surface area contributed by atoms with Gasteiger partial charge in [-0.2, -0.15) is 0 Å². The maximum atomic E-state index is 11.9. The topological polar surface area (TPSA) is 98.7 Å². The highest BCUT2D eigenvalue weighted by molar-refractivity contribution is 5.96. The molecule has 7 heteroatoms. The maximum absolute atomic E-state index is 11.9. The number of carbonyl (C=O) groups is 3. The molecule has 0 aromatic rings. The maximum Gasteiger partial charge on any atom is 0.321 e. The Hall–Kier alpha value is -1.63. The molecule has 1 rings (SSSR count). The molecule has 2 atom stereocenters. The first-order chi connectivity index (χ1) is 9.43. The molecule has 3 amide bonds. The highest BCUT2D eigenvalue weighted by Crippen LogP contribution is 2.22. The van der Waals surface area contributed by atoms with Crippen LogP contribution in [0.2, 0.25) is 0 Å². The van der Waals surface area contributed by atoms with Crippen LogP contribution in [0.25, 0.3) is 0 Å². The number of carboxylic acids is 1. The first kappa shape index (κ1) is 16.4. The quantitative estimate of drug-likeness (QED) is 0.656. The predicted molar refractivity (Wildman–Crippen MR) is 73.2 cm³/mol. The Morgan fingerprint density at radius 3 is 2.70 bits per heavy atom. The molecule has 2 unspecified atom stereocenters. The van der Waals surface area contributed by atoms with Crippen LogP contribution in [0.15, 0.2) is 0 Å². The lowest BCUT2D eigenvalue weighted by molar-refractivity contribution is -0.137. The molecule has 1 heterocycles. The van der Waals surface area contributed by atoms with Gasteiger partial charge in [-0.25, -0.2) is 4.79 Å². The molecule has 7 nitrogen and oxygen atoms in total. The van der Waals surface area contributed by atoms with E-state index in [-0.39, 0.29) is 18.4 Å². The monoisotopic (exact) mass is 285 g/mol. The number of amides is 3. The van der Waals surface area contributed by atoms with Gasteiger partial charge < -0.3 is 10.4 Å². The van der Waals surface area contributed by atoms with Crippen molar-refractivity contribution in [2.24, 2.45) is 5.92 Å². The van der Waals surface area contributed by atoms with E-state index < -0.39 is 12.0 Å². The van der Waals surface area contributed by atoms with Crippen LogP contribution in [0.3, 0.4) is 0 Å². The van der Waals surface area contributed by atoms with Crippen molar-refractivity contribution >= 4 is 17.9 Å². The highest BCUT2D eigenvalue weighted by atomic mass is 16.4. The van der Waals surface area contributed by atoms with Gasteiger partial charge in [-0.15, -0.1) is 0 Å². The van der Waals surface area contributed by atoms with Gasteiger partial charge in [-0.05, 0) is 39.2 Å². The largest absolute Gasteiger partial charge is 0.481 e. The summed E-state index contributed by atoms with van der Waals surface area (Å²) < 4.78 is 0. The van der Waals surface area contributed by atoms with E-state index in [4.69, 9.17) is 5.11 Å². The van der Waals surface area contributed by atoms with Crippen LogP contribution in [-0.4, -0.2) is 53.6 Å². The van der Waals surface area contributed by atoms with E-state index in [9.17, 15) is 14.4 Å². The van der Waals surface area contributed by atoms with Crippen LogP contribution in [0, 0.1) is 5.92 Å². The number of nitrogens with one attached hydrogen (secondary N) is 2. The van der Waals surface area contributed by atoms with Crippen molar-refractivity contribution in [1.82, 2.24) is 15.5 Å². The van der Waals surface area contributed by atoms with Gasteiger partial charge in [0.25, 0.3) is 0 Å². The summed E-state index contributed by atoms with van der Waals surface area (Å²) in [6, 6.07) is -0.863. The lowest BCUT2D eigenvalue weighted by atomic mass is 10.0. The van der Waals surface area contributed by atoms with Crippen LogP contribution >= 0.6 is 0 Å². The molecule has 20 heavy (non-hydrogen) atoms. The lowest BCUT2D eigenvalue weighted by Gasteiger charge is -2.23. The molecule has 1 saturated heterocycles. The summed E-state index contributed by atoms with van der Waals surface area (Å²) in [5.74, 6) is -0.800. The summed E-state index contributed by atoms with van der Waals surface area (Å²) in [7, 11) is 0.